The summed E-state index contributed by atoms with van der Waals surface area (Å²) in [4.78, 5) is 15.3. The maximum absolute atomic E-state index is 13.0. The van der Waals surface area contributed by atoms with Crippen molar-refractivity contribution in [1.29, 1.82) is 0 Å². The molecule has 1 aromatic carbocycles. The second kappa shape index (κ2) is 10.1. The predicted octanol–water partition coefficient (Wildman–Crippen LogP) is 2.53. The summed E-state index contributed by atoms with van der Waals surface area (Å²) in [6.45, 7) is 6.32. The molecular weight excluding hydrogens is 454 g/mol. The lowest BCUT2D eigenvalue weighted by Crippen LogP contribution is -2.37. The molecule has 4 rings (SSSR count). The molecule has 0 aliphatic carbocycles. The van der Waals surface area contributed by atoms with Gasteiger partial charge in [-0.1, -0.05) is 30.0 Å². The van der Waals surface area contributed by atoms with Gasteiger partial charge in [0, 0.05) is 24.8 Å². The Balaban J connectivity index is 1.68. The van der Waals surface area contributed by atoms with Crippen LogP contribution in [0.4, 0.5) is 11.5 Å². The van der Waals surface area contributed by atoms with E-state index >= 15 is 0 Å². The second-order valence-corrected chi connectivity index (χ2v) is 9.31. The molecule has 1 aliphatic rings. The molecule has 0 amide bonds. The van der Waals surface area contributed by atoms with Gasteiger partial charge in [0.1, 0.15) is 17.8 Å². The Bertz CT molecular complexity index is 1360. The average molecular weight is 480 g/mol. The van der Waals surface area contributed by atoms with Gasteiger partial charge < -0.3 is 14.4 Å². The zero-order valence-corrected chi connectivity index (χ0v) is 20.0. The van der Waals surface area contributed by atoms with Crippen LogP contribution in [-0.4, -0.2) is 56.8 Å². The molecule has 0 bridgehead atoms. The molecule has 9 nitrogen and oxygen atoms in total. The van der Waals surface area contributed by atoms with Gasteiger partial charge in [-0.25, -0.2) is 23.4 Å². The highest BCUT2D eigenvalue weighted by atomic mass is 32.2. The first-order valence-corrected chi connectivity index (χ1v) is 12.2. The number of ether oxygens (including phenoxy) is 2. The van der Waals surface area contributed by atoms with E-state index in [2.05, 4.69) is 36.4 Å². The third-order valence-corrected chi connectivity index (χ3v) is 6.86. The molecule has 1 N–H and O–H groups in total. The van der Waals surface area contributed by atoms with E-state index in [4.69, 9.17) is 9.47 Å². The van der Waals surface area contributed by atoms with Crippen molar-refractivity contribution in [2.24, 2.45) is 0 Å². The monoisotopic (exact) mass is 479 g/mol. The summed E-state index contributed by atoms with van der Waals surface area (Å²) in [7, 11) is -2.42. The van der Waals surface area contributed by atoms with Crippen LogP contribution in [0.25, 0.3) is 0 Å². The normalized spacial score (nSPS) is 13.7. The second-order valence-electron chi connectivity index (χ2n) is 7.66. The summed E-state index contributed by atoms with van der Waals surface area (Å²) in [5.74, 6) is 7.12. The lowest BCUT2D eigenvalue weighted by Gasteiger charge is -2.28. The fourth-order valence-corrected chi connectivity index (χ4v) is 4.87. The van der Waals surface area contributed by atoms with Crippen molar-refractivity contribution in [1.82, 2.24) is 15.0 Å². The summed E-state index contributed by atoms with van der Waals surface area (Å²) in [5, 5.41) is 0. The van der Waals surface area contributed by atoms with E-state index < -0.39 is 10.0 Å². The molecule has 3 heterocycles. The fraction of sp³-hybridized carbons (Fsp3) is 0.292. The van der Waals surface area contributed by atoms with Gasteiger partial charge in [0.25, 0.3) is 10.0 Å². The van der Waals surface area contributed by atoms with Gasteiger partial charge in [-0.2, -0.15) is 0 Å². The number of aryl methyl sites for hydroxylation is 2. The summed E-state index contributed by atoms with van der Waals surface area (Å²) in [6, 6.07) is 8.35. The molecule has 0 atom stereocenters. The van der Waals surface area contributed by atoms with Gasteiger partial charge >= 0.3 is 0 Å². The smallest absolute Gasteiger partial charge is 0.262 e. The number of hydrogen-bond donors (Lipinski definition) is 1. The Hall–Kier alpha value is -3.68. The Kier molecular flexibility index (Phi) is 6.95. The van der Waals surface area contributed by atoms with Crippen LogP contribution in [0.1, 0.15) is 22.4 Å². The van der Waals surface area contributed by atoms with Gasteiger partial charge in [-0.05, 0) is 31.5 Å². The van der Waals surface area contributed by atoms with E-state index in [1.807, 2.05) is 6.92 Å². The number of benzene rings is 1. The van der Waals surface area contributed by atoms with Crippen molar-refractivity contribution >= 4 is 21.5 Å². The predicted molar refractivity (Wildman–Crippen MR) is 129 cm³/mol. The minimum atomic E-state index is -3.85. The lowest BCUT2D eigenvalue weighted by atomic mass is 10.2. The van der Waals surface area contributed by atoms with Crippen LogP contribution in [0.5, 0.6) is 5.88 Å². The molecule has 0 spiro atoms. The molecule has 34 heavy (non-hydrogen) atoms. The summed E-state index contributed by atoms with van der Waals surface area (Å²) in [5.41, 5.74) is 2.81. The van der Waals surface area contributed by atoms with Gasteiger partial charge in [0.05, 0.1) is 36.5 Å². The number of methoxy groups -OCH3 is 1. The van der Waals surface area contributed by atoms with Crippen molar-refractivity contribution < 1.29 is 17.9 Å². The Morgan fingerprint density at radius 1 is 1.09 bits per heavy atom. The van der Waals surface area contributed by atoms with Crippen molar-refractivity contribution in [2.75, 3.05) is 43.0 Å². The molecule has 10 heteroatoms. The number of anilines is 2. The fourth-order valence-electron chi connectivity index (χ4n) is 3.57. The van der Waals surface area contributed by atoms with Gasteiger partial charge in [0.15, 0.2) is 0 Å². The number of hydrogen-bond acceptors (Lipinski definition) is 8. The number of nitrogens with one attached hydrogen (secondary N) is 1. The summed E-state index contributed by atoms with van der Waals surface area (Å²) in [6.07, 6.45) is 3.06. The molecule has 0 saturated carbocycles. The van der Waals surface area contributed by atoms with Crippen LogP contribution in [0.15, 0.2) is 47.8 Å². The van der Waals surface area contributed by atoms with Gasteiger partial charge in [0.2, 0.25) is 5.88 Å². The number of pyridine rings is 1. The zero-order chi connectivity index (χ0) is 24.1. The van der Waals surface area contributed by atoms with Crippen LogP contribution in [0.2, 0.25) is 0 Å². The first-order chi connectivity index (χ1) is 16.4. The van der Waals surface area contributed by atoms with Crippen molar-refractivity contribution in [3.05, 3.63) is 65.2 Å². The van der Waals surface area contributed by atoms with E-state index in [9.17, 15) is 8.42 Å². The number of nitrogens with zero attached hydrogens (tertiary/aromatic N) is 4. The topological polar surface area (TPSA) is 107 Å². The number of aromatic nitrogens is 3. The molecule has 0 radical (unpaired) electrons. The van der Waals surface area contributed by atoms with Crippen LogP contribution in [0, 0.1) is 25.7 Å². The summed E-state index contributed by atoms with van der Waals surface area (Å²) >= 11 is 0. The first kappa shape index (κ1) is 23.5. The van der Waals surface area contributed by atoms with E-state index in [-0.39, 0.29) is 16.5 Å². The number of morpholine rings is 1. The highest BCUT2D eigenvalue weighted by Gasteiger charge is 2.20. The highest BCUT2D eigenvalue weighted by molar-refractivity contribution is 7.92. The lowest BCUT2D eigenvalue weighted by molar-refractivity contribution is 0.122. The zero-order valence-electron chi connectivity index (χ0n) is 19.2. The third-order valence-electron chi connectivity index (χ3n) is 5.33. The SMILES string of the molecule is COc1ncc(C#Cc2c(C)ncnc2N2CCOCC2)cc1NS(=O)(=O)c1ccccc1C. The minimum absolute atomic E-state index is 0.149. The largest absolute Gasteiger partial charge is 0.479 e. The quantitative estimate of drug-likeness (QED) is 0.557. The van der Waals surface area contributed by atoms with Gasteiger partial charge in [-0.3, -0.25) is 4.72 Å². The molecule has 1 aliphatic heterocycles. The van der Waals surface area contributed by atoms with Crippen molar-refractivity contribution in [3.63, 3.8) is 0 Å². The third kappa shape index (κ3) is 5.11. The first-order valence-electron chi connectivity index (χ1n) is 10.7. The molecule has 3 aromatic rings. The molecule has 176 valence electrons. The van der Waals surface area contributed by atoms with E-state index in [1.54, 1.807) is 37.3 Å². The molecule has 1 saturated heterocycles. The van der Waals surface area contributed by atoms with Gasteiger partial charge in [-0.15, -0.1) is 0 Å². The summed E-state index contributed by atoms with van der Waals surface area (Å²) < 4.78 is 39.2. The molecule has 2 aromatic heterocycles. The van der Waals surface area contributed by atoms with E-state index in [0.717, 1.165) is 24.6 Å². The molecular formula is C24H25N5O4S. The Labute approximate surface area is 199 Å². The molecule has 0 unspecified atom stereocenters. The standard InChI is InChI=1S/C24H25N5O4S/c1-17-6-4-5-7-22(17)34(30,31)28-21-14-19(15-25-24(21)32-3)8-9-20-18(2)26-16-27-23(20)29-10-12-33-13-11-29/h4-7,14-16,28H,10-13H2,1-3H3. The van der Waals surface area contributed by atoms with E-state index in [1.165, 1.54) is 19.6 Å². The van der Waals surface area contributed by atoms with E-state index in [0.29, 0.717) is 29.9 Å². The van der Waals surface area contributed by atoms with Crippen LogP contribution in [-0.2, 0) is 14.8 Å². The minimum Gasteiger partial charge on any atom is -0.479 e. The average Bonchev–Trinajstić information content (AvgIpc) is 2.84. The number of sulfonamides is 1. The highest BCUT2D eigenvalue weighted by Crippen LogP contribution is 2.27. The maximum Gasteiger partial charge on any atom is 0.262 e. The number of rotatable bonds is 5. The van der Waals surface area contributed by atoms with Crippen molar-refractivity contribution in [2.45, 2.75) is 18.7 Å². The van der Waals surface area contributed by atoms with Crippen LogP contribution >= 0.6 is 0 Å². The van der Waals surface area contributed by atoms with Crippen LogP contribution in [0.3, 0.4) is 0 Å². The molecule has 1 fully saturated rings. The van der Waals surface area contributed by atoms with Crippen LogP contribution < -0.4 is 14.4 Å². The van der Waals surface area contributed by atoms with Crippen molar-refractivity contribution in [3.8, 4) is 17.7 Å². The maximum atomic E-state index is 13.0. The Morgan fingerprint density at radius 2 is 1.85 bits per heavy atom. The Morgan fingerprint density at radius 3 is 2.59 bits per heavy atom.